The van der Waals surface area contributed by atoms with E-state index in [2.05, 4.69) is 41.8 Å². The summed E-state index contributed by atoms with van der Waals surface area (Å²) >= 11 is 0. The van der Waals surface area contributed by atoms with Crippen LogP contribution < -0.4 is 12.4 Å². The highest BCUT2D eigenvalue weighted by molar-refractivity contribution is 5.69. The Balaban J connectivity index is 0. The predicted octanol–water partition coefficient (Wildman–Crippen LogP) is 9.39. The van der Waals surface area contributed by atoms with Gasteiger partial charge in [-0.25, -0.2) is 0 Å². The largest absolute Gasteiger partial charge is 1.00 e. The zero-order valence-corrected chi connectivity index (χ0v) is 34.0. The molecular formula is C42H84ClNO4. The molecule has 288 valence electrons. The van der Waals surface area contributed by atoms with Gasteiger partial charge in [-0.2, -0.15) is 0 Å². The van der Waals surface area contributed by atoms with Gasteiger partial charge < -0.3 is 26.4 Å². The minimum absolute atomic E-state index is 0. The lowest BCUT2D eigenvalue weighted by atomic mass is 10.0. The second kappa shape index (κ2) is 36.0. The molecule has 0 amide bonds. The minimum atomic E-state index is -0.0762. The van der Waals surface area contributed by atoms with E-state index >= 15 is 0 Å². The maximum Gasteiger partial charge on any atom is 0.305 e. The number of unbranched alkanes of at least 4 members (excludes halogenated alkanes) is 22. The highest BCUT2D eigenvalue weighted by Gasteiger charge is 2.17. The van der Waals surface area contributed by atoms with E-state index in [-0.39, 0.29) is 24.3 Å². The quantitative estimate of drug-likeness (QED) is 0.0371. The monoisotopic (exact) mass is 702 g/mol. The number of hydrogen-bond donors (Lipinski definition) is 0. The minimum Gasteiger partial charge on any atom is -1.00 e. The van der Waals surface area contributed by atoms with Crippen LogP contribution in [-0.2, 0) is 19.1 Å². The molecule has 0 aliphatic heterocycles. The summed E-state index contributed by atoms with van der Waals surface area (Å²) in [6, 6.07) is 0. The Bertz CT molecular complexity index is 641. The average Bonchev–Trinajstić information content (AvgIpc) is 3.00. The maximum atomic E-state index is 12.1. The zero-order valence-electron chi connectivity index (χ0n) is 33.2. The Morgan fingerprint density at radius 2 is 0.646 bits per heavy atom. The summed E-state index contributed by atoms with van der Waals surface area (Å²) in [6.07, 6.45) is 35.2. The maximum absolute atomic E-state index is 12.1. The summed E-state index contributed by atoms with van der Waals surface area (Å²) in [5.74, 6) is 1.55. The van der Waals surface area contributed by atoms with Crippen LogP contribution in [0.1, 0.15) is 207 Å². The molecule has 0 rings (SSSR count). The van der Waals surface area contributed by atoms with Gasteiger partial charge >= 0.3 is 11.9 Å². The Kier molecular flexibility index (Phi) is 37.0. The van der Waals surface area contributed by atoms with Crippen molar-refractivity contribution in [3.63, 3.8) is 0 Å². The fourth-order valence-electron chi connectivity index (χ4n) is 6.25. The molecule has 0 aromatic heterocycles. The summed E-state index contributed by atoms with van der Waals surface area (Å²) in [4.78, 5) is 24.3. The number of carbonyl (C=O) groups excluding carboxylic acids is 2. The molecule has 6 heteroatoms. The van der Waals surface area contributed by atoms with Gasteiger partial charge in [-0.3, -0.25) is 9.59 Å². The second-order valence-electron chi connectivity index (χ2n) is 16.2. The molecule has 0 saturated carbocycles. The van der Waals surface area contributed by atoms with Crippen LogP contribution in [0, 0.1) is 11.8 Å². The molecule has 48 heavy (non-hydrogen) atoms. The molecule has 0 aromatic rings. The third-order valence-corrected chi connectivity index (χ3v) is 9.74. The molecule has 0 radical (unpaired) electrons. The van der Waals surface area contributed by atoms with E-state index in [0.29, 0.717) is 30.5 Å². The van der Waals surface area contributed by atoms with Crippen molar-refractivity contribution in [2.45, 2.75) is 207 Å². The van der Waals surface area contributed by atoms with Crippen molar-refractivity contribution in [3.05, 3.63) is 0 Å². The van der Waals surface area contributed by atoms with Gasteiger partial charge in [0, 0.05) is 12.8 Å². The summed E-state index contributed by atoms with van der Waals surface area (Å²) in [5, 5.41) is 0. The number of quaternary nitrogens is 1. The van der Waals surface area contributed by atoms with E-state index in [0.717, 1.165) is 50.6 Å². The van der Waals surface area contributed by atoms with Crippen LogP contribution >= 0.6 is 0 Å². The Morgan fingerprint density at radius 3 is 0.896 bits per heavy atom. The molecule has 0 aliphatic carbocycles. The smallest absolute Gasteiger partial charge is 0.305 e. The van der Waals surface area contributed by atoms with Crippen molar-refractivity contribution >= 4 is 11.9 Å². The summed E-state index contributed by atoms with van der Waals surface area (Å²) in [6.45, 7) is 11.6. The number of rotatable bonds is 36. The van der Waals surface area contributed by atoms with Gasteiger partial charge in [0.15, 0.2) is 0 Å². The first-order valence-corrected chi connectivity index (χ1v) is 20.8. The summed E-state index contributed by atoms with van der Waals surface area (Å²) < 4.78 is 11.7. The number of nitrogens with zero attached hydrogens (tertiary/aromatic N) is 1. The lowest BCUT2D eigenvalue weighted by Crippen LogP contribution is -3.00. The molecule has 0 fully saturated rings. The Hall–Kier alpha value is -0.810. The number of hydrogen-bond acceptors (Lipinski definition) is 4. The van der Waals surface area contributed by atoms with Crippen LogP contribution in [0.2, 0.25) is 0 Å². The van der Waals surface area contributed by atoms with Crippen LogP contribution in [0.15, 0.2) is 0 Å². The zero-order chi connectivity index (χ0) is 34.9. The van der Waals surface area contributed by atoms with Crippen LogP contribution in [0.5, 0.6) is 0 Å². The highest BCUT2D eigenvalue weighted by Crippen LogP contribution is 2.16. The number of likely N-dealkylation sites (N-methyl/N-ethyl adjacent to an activating group) is 1. The van der Waals surface area contributed by atoms with Gasteiger partial charge in [0.05, 0.1) is 14.1 Å². The highest BCUT2D eigenvalue weighted by atomic mass is 35.5. The van der Waals surface area contributed by atoms with E-state index in [1.165, 1.54) is 141 Å². The fourth-order valence-corrected chi connectivity index (χ4v) is 6.25. The Labute approximate surface area is 306 Å². The normalized spacial score (nSPS) is 11.7. The van der Waals surface area contributed by atoms with Crippen molar-refractivity contribution in [3.8, 4) is 0 Å². The standard InChI is InChI=1S/C42H84NO4.ClH/c1-39(2)31-27-23-19-15-11-7-9-13-17-21-25-29-33-41(44)46-37-35-43(5,6)36-38-47-42(45)34-30-26-22-18-14-10-8-12-16-20-24-28-32-40(3)4;/h39-40H,7-38H2,1-6H3;1H/q+1;/p-1. The molecule has 0 spiro atoms. The van der Waals surface area contributed by atoms with Crippen molar-refractivity contribution in [1.82, 2.24) is 0 Å². The number of carbonyl (C=O) groups is 2. The summed E-state index contributed by atoms with van der Waals surface area (Å²) in [5.41, 5.74) is 0. The van der Waals surface area contributed by atoms with Crippen LogP contribution in [0.3, 0.4) is 0 Å². The third-order valence-electron chi connectivity index (χ3n) is 9.74. The second-order valence-corrected chi connectivity index (χ2v) is 16.2. The van der Waals surface area contributed by atoms with Gasteiger partial charge in [-0.15, -0.1) is 0 Å². The molecule has 0 N–H and O–H groups in total. The van der Waals surface area contributed by atoms with E-state index in [1.807, 2.05) is 0 Å². The average molecular weight is 703 g/mol. The molecule has 0 unspecified atom stereocenters. The summed E-state index contributed by atoms with van der Waals surface area (Å²) in [7, 11) is 4.20. The first kappa shape index (κ1) is 49.3. The van der Waals surface area contributed by atoms with Crippen LogP contribution in [0.25, 0.3) is 0 Å². The topological polar surface area (TPSA) is 52.6 Å². The molecule has 0 aromatic carbocycles. The predicted molar refractivity (Wildman–Crippen MR) is 203 cm³/mol. The van der Waals surface area contributed by atoms with Crippen LogP contribution in [-0.4, -0.2) is 56.8 Å². The van der Waals surface area contributed by atoms with E-state index < -0.39 is 0 Å². The lowest BCUT2D eigenvalue weighted by molar-refractivity contribution is -0.890. The van der Waals surface area contributed by atoms with Gasteiger partial charge in [0.25, 0.3) is 0 Å². The van der Waals surface area contributed by atoms with Crippen molar-refractivity contribution in [2.75, 3.05) is 40.4 Å². The molecular weight excluding hydrogens is 618 g/mol. The number of esters is 2. The molecule has 0 heterocycles. The SMILES string of the molecule is CC(C)CCCCCCCCCCCCCCC(=O)OCC[N+](C)(C)CCOC(=O)CCCCCCCCCCCCCCC(C)C.[Cl-]. The third kappa shape index (κ3) is 39.6. The fraction of sp³-hybridized carbons (Fsp3) is 0.952. The molecule has 0 aliphatic rings. The van der Waals surface area contributed by atoms with E-state index in [9.17, 15) is 9.59 Å². The van der Waals surface area contributed by atoms with Gasteiger partial charge in [-0.1, -0.05) is 182 Å². The molecule has 5 nitrogen and oxygen atoms in total. The first-order valence-electron chi connectivity index (χ1n) is 20.8. The van der Waals surface area contributed by atoms with Crippen molar-refractivity contribution in [2.24, 2.45) is 11.8 Å². The number of halogens is 1. The molecule has 0 saturated heterocycles. The van der Waals surface area contributed by atoms with Gasteiger partial charge in [0.1, 0.15) is 26.3 Å². The van der Waals surface area contributed by atoms with E-state index in [1.54, 1.807) is 0 Å². The van der Waals surface area contributed by atoms with Gasteiger partial charge in [0.2, 0.25) is 0 Å². The Morgan fingerprint density at radius 1 is 0.417 bits per heavy atom. The van der Waals surface area contributed by atoms with Crippen LogP contribution in [0.4, 0.5) is 0 Å². The van der Waals surface area contributed by atoms with Crippen molar-refractivity contribution < 1.29 is 36.0 Å². The first-order chi connectivity index (χ1) is 22.6. The van der Waals surface area contributed by atoms with E-state index in [4.69, 9.17) is 9.47 Å². The molecule has 0 atom stereocenters. The molecule has 0 bridgehead atoms. The van der Waals surface area contributed by atoms with Gasteiger partial charge in [-0.05, 0) is 24.7 Å². The lowest BCUT2D eigenvalue weighted by Gasteiger charge is -2.29. The number of ether oxygens (including phenoxy) is 2. The van der Waals surface area contributed by atoms with Crippen molar-refractivity contribution in [1.29, 1.82) is 0 Å².